The molecule has 0 aromatic heterocycles. The molecule has 2 aromatic carbocycles. The van der Waals surface area contributed by atoms with Crippen LogP contribution in [0, 0.1) is 12.8 Å². The lowest BCUT2D eigenvalue weighted by Crippen LogP contribution is -2.11. The number of halogens is 1. The molecule has 0 saturated heterocycles. The fourth-order valence-electron chi connectivity index (χ4n) is 5.98. The Morgan fingerprint density at radius 1 is 0.935 bits per heavy atom. The molecule has 1 fully saturated rings. The number of hydrogen-bond donors (Lipinski definition) is 0. The molecule has 256 valence electrons. The Kier molecular flexibility index (Phi) is 21.9. The topological polar surface area (TPSA) is 0 Å². The van der Waals surface area contributed by atoms with Crippen molar-refractivity contribution in [2.24, 2.45) is 5.92 Å². The molecule has 1 aliphatic carbocycles. The Hall–Kier alpha value is -2.93. The molecule has 2 aromatic rings. The smallest absolute Gasteiger partial charge is 0.108 e. The largest absolute Gasteiger partial charge is 0.244 e. The molecule has 0 spiro atoms. The van der Waals surface area contributed by atoms with Crippen LogP contribution < -0.4 is 0 Å². The lowest BCUT2D eigenvalue weighted by Gasteiger charge is -2.17. The Morgan fingerprint density at radius 2 is 1.43 bits per heavy atom. The molecule has 46 heavy (non-hydrogen) atoms. The number of alkyl halides is 1. The maximum absolute atomic E-state index is 13.8. The van der Waals surface area contributed by atoms with Gasteiger partial charge in [0.1, 0.15) is 5.67 Å². The number of rotatable bonds is 12. The molecule has 0 amide bonds. The standard InChI is InChI=1S/C24H32.C17H25F.2C2H6/c1-6-8-21(9-7-2)24(22-12-10-19(5)11-13-22)23-16-14-20(15-17-23)18(3)4;1-6-14(11-16(7-2)13(3)4)10-15-8-9-17(5,18)12-15;2*1-2/h10-18H,6-9H2,1-5H3;6-7,11,15H,1,3,8-10,12H2,2,4-5H3;2*1-2H3/b;14-11+,16-7+;;. The van der Waals surface area contributed by atoms with Crippen LogP contribution in [0.5, 0.6) is 0 Å². The van der Waals surface area contributed by atoms with E-state index in [0.717, 1.165) is 24.0 Å². The third kappa shape index (κ3) is 15.1. The van der Waals surface area contributed by atoms with Crippen LogP contribution in [0.4, 0.5) is 4.39 Å². The highest BCUT2D eigenvalue weighted by Crippen LogP contribution is 2.40. The highest BCUT2D eigenvalue weighted by molar-refractivity contribution is 5.82. The van der Waals surface area contributed by atoms with E-state index in [2.05, 4.69) is 108 Å². The summed E-state index contributed by atoms with van der Waals surface area (Å²) in [5.74, 6) is 1.03. The van der Waals surface area contributed by atoms with Crippen molar-refractivity contribution in [2.45, 2.75) is 146 Å². The van der Waals surface area contributed by atoms with E-state index in [1.807, 2.05) is 47.6 Å². The quantitative estimate of drug-likeness (QED) is 0.205. The highest BCUT2D eigenvalue weighted by atomic mass is 19.1. The minimum Gasteiger partial charge on any atom is -0.244 e. The monoisotopic (exact) mass is 629 g/mol. The molecule has 0 nitrogen and oxygen atoms in total. The summed E-state index contributed by atoms with van der Waals surface area (Å²) in [7, 11) is 0. The first-order chi connectivity index (χ1) is 21.9. The van der Waals surface area contributed by atoms with Gasteiger partial charge in [-0.15, -0.1) is 0 Å². The van der Waals surface area contributed by atoms with E-state index in [4.69, 9.17) is 0 Å². The van der Waals surface area contributed by atoms with E-state index >= 15 is 0 Å². The van der Waals surface area contributed by atoms with Gasteiger partial charge in [0.15, 0.2) is 0 Å². The average molecular weight is 629 g/mol. The van der Waals surface area contributed by atoms with E-state index in [9.17, 15) is 4.39 Å². The lowest BCUT2D eigenvalue weighted by molar-refractivity contribution is 0.192. The zero-order chi connectivity index (χ0) is 35.3. The van der Waals surface area contributed by atoms with Crippen molar-refractivity contribution >= 4 is 5.57 Å². The summed E-state index contributed by atoms with van der Waals surface area (Å²) in [5, 5.41) is 0. The maximum atomic E-state index is 13.8. The van der Waals surface area contributed by atoms with Gasteiger partial charge in [0.25, 0.3) is 0 Å². The Morgan fingerprint density at radius 3 is 1.80 bits per heavy atom. The van der Waals surface area contributed by atoms with Crippen LogP contribution in [0.25, 0.3) is 5.57 Å². The molecule has 2 unspecified atom stereocenters. The van der Waals surface area contributed by atoms with Crippen LogP contribution in [0.3, 0.4) is 0 Å². The van der Waals surface area contributed by atoms with Crippen molar-refractivity contribution in [1.82, 2.24) is 0 Å². The molecule has 0 N–H and O–H groups in total. The van der Waals surface area contributed by atoms with Gasteiger partial charge in [0.2, 0.25) is 0 Å². The van der Waals surface area contributed by atoms with Gasteiger partial charge in [-0.2, -0.15) is 0 Å². The summed E-state index contributed by atoms with van der Waals surface area (Å²) in [6, 6.07) is 18.2. The number of allylic oxidation sites excluding steroid dienone is 7. The van der Waals surface area contributed by atoms with Gasteiger partial charge in [-0.1, -0.05) is 165 Å². The summed E-state index contributed by atoms with van der Waals surface area (Å²) in [5.41, 5.74) is 10.9. The number of hydrogen-bond acceptors (Lipinski definition) is 0. The number of aryl methyl sites for hydroxylation is 1. The normalized spacial score (nSPS) is 17.5. The summed E-state index contributed by atoms with van der Waals surface area (Å²) in [4.78, 5) is 0. The van der Waals surface area contributed by atoms with Crippen LogP contribution in [-0.2, 0) is 0 Å². The molecule has 1 heteroatoms. The van der Waals surface area contributed by atoms with Gasteiger partial charge >= 0.3 is 0 Å². The Labute approximate surface area is 285 Å². The molecule has 3 rings (SSSR count). The zero-order valence-electron chi connectivity index (χ0n) is 32.0. The first-order valence-electron chi connectivity index (χ1n) is 18.2. The lowest BCUT2D eigenvalue weighted by atomic mass is 9.87. The Bertz CT molecular complexity index is 1220. The minimum absolute atomic E-state index is 0.451. The second-order valence-corrected chi connectivity index (χ2v) is 12.8. The SMILES string of the molecule is C=C/C(=C\C(=C/C)C(=C)C)CC1CCC(C)(F)C1.CC.CC.CCCC(CCC)=C(c1ccc(C)cc1)c1ccc(C(C)C)cc1. The molecule has 0 aliphatic heterocycles. The molecule has 0 radical (unpaired) electrons. The van der Waals surface area contributed by atoms with E-state index in [1.165, 1.54) is 59.1 Å². The van der Waals surface area contributed by atoms with Crippen LogP contribution in [0.1, 0.15) is 156 Å². The fourth-order valence-corrected chi connectivity index (χ4v) is 5.98. The van der Waals surface area contributed by atoms with Crippen molar-refractivity contribution in [3.8, 4) is 0 Å². The van der Waals surface area contributed by atoms with Gasteiger partial charge in [-0.05, 0) is 111 Å². The Balaban J connectivity index is 0.000000821. The van der Waals surface area contributed by atoms with Crippen LogP contribution in [0.2, 0.25) is 0 Å². The molecule has 0 heterocycles. The van der Waals surface area contributed by atoms with Crippen molar-refractivity contribution < 1.29 is 4.39 Å². The van der Waals surface area contributed by atoms with Gasteiger partial charge in [0, 0.05) is 0 Å². The predicted molar refractivity (Wildman–Crippen MR) is 209 cm³/mol. The van der Waals surface area contributed by atoms with E-state index in [1.54, 1.807) is 12.5 Å². The summed E-state index contributed by atoms with van der Waals surface area (Å²) >= 11 is 0. The molecule has 0 bridgehead atoms. The van der Waals surface area contributed by atoms with Crippen molar-refractivity contribution in [3.63, 3.8) is 0 Å². The number of benzene rings is 2. The molecule has 1 saturated carbocycles. The highest BCUT2D eigenvalue weighted by Gasteiger charge is 2.34. The second-order valence-electron chi connectivity index (χ2n) is 12.8. The first kappa shape index (κ1) is 43.1. The van der Waals surface area contributed by atoms with Gasteiger partial charge < -0.3 is 0 Å². The van der Waals surface area contributed by atoms with Crippen molar-refractivity contribution in [1.29, 1.82) is 0 Å². The first-order valence-corrected chi connectivity index (χ1v) is 18.2. The maximum Gasteiger partial charge on any atom is 0.108 e. The second kappa shape index (κ2) is 23.4. The molecular formula is C45H69F. The van der Waals surface area contributed by atoms with Crippen LogP contribution in [0.15, 0.2) is 102 Å². The summed E-state index contributed by atoms with van der Waals surface area (Å²) in [6.45, 7) is 32.8. The summed E-state index contributed by atoms with van der Waals surface area (Å²) in [6.07, 6.45) is 14.1. The molecular weight excluding hydrogens is 559 g/mol. The van der Waals surface area contributed by atoms with Gasteiger partial charge in [-0.3, -0.25) is 0 Å². The van der Waals surface area contributed by atoms with Crippen LogP contribution >= 0.6 is 0 Å². The van der Waals surface area contributed by atoms with Gasteiger partial charge in [-0.25, -0.2) is 4.39 Å². The van der Waals surface area contributed by atoms with Crippen molar-refractivity contribution in [2.75, 3.05) is 0 Å². The predicted octanol–water partition coefficient (Wildman–Crippen LogP) is 15.1. The summed E-state index contributed by atoms with van der Waals surface area (Å²) < 4.78 is 13.8. The van der Waals surface area contributed by atoms with Crippen LogP contribution in [-0.4, -0.2) is 5.67 Å². The van der Waals surface area contributed by atoms with E-state index in [0.29, 0.717) is 24.7 Å². The van der Waals surface area contributed by atoms with Gasteiger partial charge in [0.05, 0.1) is 0 Å². The molecule has 1 aliphatic rings. The zero-order valence-corrected chi connectivity index (χ0v) is 32.0. The van der Waals surface area contributed by atoms with E-state index in [-0.39, 0.29) is 0 Å². The van der Waals surface area contributed by atoms with Crippen molar-refractivity contribution in [3.05, 3.63) is 124 Å². The minimum atomic E-state index is -0.964. The van der Waals surface area contributed by atoms with E-state index < -0.39 is 5.67 Å². The third-order valence-corrected chi connectivity index (χ3v) is 8.38. The fraction of sp³-hybridized carbons (Fsp3) is 0.511. The third-order valence-electron chi connectivity index (χ3n) is 8.38. The average Bonchev–Trinajstić information content (AvgIpc) is 3.40. The molecule has 2 atom stereocenters.